The van der Waals surface area contributed by atoms with Crippen molar-refractivity contribution in [3.05, 3.63) is 46.6 Å². The first kappa shape index (κ1) is 25.6. The average Bonchev–Trinajstić information content (AvgIpc) is 2.79. The van der Waals surface area contributed by atoms with Crippen molar-refractivity contribution >= 4 is 12.4 Å². The van der Waals surface area contributed by atoms with E-state index in [4.69, 9.17) is 18.6 Å². The predicted octanol–water partition coefficient (Wildman–Crippen LogP) is 0.432. The highest BCUT2D eigenvalue weighted by Gasteiger charge is 2.45. The third-order valence-electron chi connectivity index (χ3n) is 5.34. The van der Waals surface area contributed by atoms with Crippen LogP contribution in [0.3, 0.4) is 0 Å². The molecule has 1 saturated heterocycles. The van der Waals surface area contributed by atoms with Gasteiger partial charge in [0.25, 0.3) is 0 Å². The molecule has 0 unspecified atom stereocenters. The first-order valence-corrected chi connectivity index (χ1v) is 9.89. The van der Waals surface area contributed by atoms with Crippen molar-refractivity contribution in [2.24, 2.45) is 0 Å². The highest BCUT2D eigenvalue weighted by Crippen LogP contribution is 2.43. The molecule has 0 amide bonds. The van der Waals surface area contributed by atoms with Crippen LogP contribution in [0.4, 0.5) is 0 Å². The Morgan fingerprint density at radius 1 is 0.941 bits per heavy atom. The minimum Gasteiger partial charge on any atom is -0.507 e. The number of aliphatic hydroxyl groups is 4. The number of ether oxygens (including phenoxy) is 3. The molecule has 1 fully saturated rings. The molecule has 0 aromatic heterocycles. The van der Waals surface area contributed by atoms with E-state index in [0.717, 1.165) is 12.1 Å². The van der Waals surface area contributed by atoms with E-state index in [2.05, 4.69) is 0 Å². The zero-order chi connectivity index (χ0) is 23.9. The Morgan fingerprint density at radius 2 is 1.68 bits per heavy atom. The van der Waals surface area contributed by atoms with Crippen LogP contribution >= 0.6 is 12.4 Å². The SMILES string of the molecule is COc1cc(-c2oc3cc(=O)cc(O)c-3cc2O[C@@H]2O[C@H](CO)[C@@H](O)[C@H](O)[C@H]2O)ccc1O.Cl. The summed E-state index contributed by atoms with van der Waals surface area (Å²) in [4.78, 5) is 11.8. The summed E-state index contributed by atoms with van der Waals surface area (Å²) in [5.41, 5.74) is -0.0498. The van der Waals surface area contributed by atoms with Crippen LogP contribution in [-0.4, -0.2) is 75.1 Å². The second-order valence-electron chi connectivity index (χ2n) is 7.50. The van der Waals surface area contributed by atoms with Gasteiger partial charge >= 0.3 is 0 Å². The molecule has 184 valence electrons. The van der Waals surface area contributed by atoms with Crippen molar-refractivity contribution in [3.63, 3.8) is 0 Å². The molecule has 4 rings (SSSR count). The van der Waals surface area contributed by atoms with Crippen molar-refractivity contribution in [2.45, 2.75) is 30.7 Å². The summed E-state index contributed by atoms with van der Waals surface area (Å²) >= 11 is 0. The molecule has 1 aliphatic carbocycles. The number of rotatable bonds is 5. The molecule has 5 atom stereocenters. The van der Waals surface area contributed by atoms with Gasteiger partial charge in [-0.05, 0) is 24.3 Å². The topological polar surface area (TPSA) is 179 Å². The van der Waals surface area contributed by atoms with Gasteiger partial charge in [-0.1, -0.05) is 0 Å². The Kier molecular flexibility index (Phi) is 7.56. The number of methoxy groups -OCH3 is 1. The molecule has 0 bridgehead atoms. The van der Waals surface area contributed by atoms with Gasteiger partial charge in [-0.15, -0.1) is 12.4 Å². The molecule has 0 saturated carbocycles. The number of phenols is 2. The van der Waals surface area contributed by atoms with Crippen molar-refractivity contribution in [1.82, 2.24) is 0 Å². The highest BCUT2D eigenvalue weighted by atomic mass is 35.5. The zero-order valence-electron chi connectivity index (χ0n) is 17.7. The lowest BCUT2D eigenvalue weighted by atomic mass is 9.99. The van der Waals surface area contributed by atoms with Crippen LogP contribution in [0.15, 0.2) is 45.6 Å². The molecule has 1 aromatic rings. The third kappa shape index (κ3) is 4.62. The van der Waals surface area contributed by atoms with E-state index >= 15 is 0 Å². The van der Waals surface area contributed by atoms with Gasteiger partial charge in [-0.3, -0.25) is 4.79 Å². The summed E-state index contributed by atoms with van der Waals surface area (Å²) < 4.78 is 22.1. The first-order valence-electron chi connectivity index (χ1n) is 9.89. The molecule has 3 aliphatic rings. The maximum atomic E-state index is 11.8. The molecule has 1 aromatic carbocycles. The predicted molar refractivity (Wildman–Crippen MR) is 119 cm³/mol. The van der Waals surface area contributed by atoms with Crippen LogP contribution in [0.5, 0.6) is 23.0 Å². The lowest BCUT2D eigenvalue weighted by Crippen LogP contribution is -2.60. The van der Waals surface area contributed by atoms with E-state index in [0.29, 0.717) is 5.56 Å². The van der Waals surface area contributed by atoms with E-state index in [1.807, 2.05) is 0 Å². The summed E-state index contributed by atoms with van der Waals surface area (Å²) in [5.74, 6) is -0.436. The number of benzene rings is 2. The van der Waals surface area contributed by atoms with Crippen LogP contribution in [0.2, 0.25) is 0 Å². The lowest BCUT2D eigenvalue weighted by molar-refractivity contribution is -0.277. The van der Waals surface area contributed by atoms with Crippen molar-refractivity contribution < 1.29 is 49.3 Å². The zero-order valence-corrected chi connectivity index (χ0v) is 18.5. The second kappa shape index (κ2) is 10.1. The molecular formula is C22H23ClO11. The molecular weight excluding hydrogens is 476 g/mol. The summed E-state index contributed by atoms with van der Waals surface area (Å²) in [6.07, 6.45) is -7.69. The second-order valence-corrected chi connectivity index (χ2v) is 7.50. The van der Waals surface area contributed by atoms with E-state index in [-0.39, 0.29) is 52.5 Å². The lowest BCUT2D eigenvalue weighted by Gasteiger charge is -2.39. The molecule has 0 spiro atoms. The van der Waals surface area contributed by atoms with Crippen LogP contribution in [-0.2, 0) is 4.74 Å². The Labute approximate surface area is 198 Å². The molecule has 2 aliphatic heterocycles. The summed E-state index contributed by atoms with van der Waals surface area (Å²) in [6, 6.07) is 7.73. The molecule has 0 radical (unpaired) electrons. The van der Waals surface area contributed by atoms with Gasteiger partial charge in [0.05, 0.1) is 19.3 Å². The van der Waals surface area contributed by atoms with E-state index < -0.39 is 42.7 Å². The van der Waals surface area contributed by atoms with Crippen molar-refractivity contribution in [3.8, 4) is 45.6 Å². The molecule has 34 heavy (non-hydrogen) atoms. The molecule has 6 N–H and O–H groups in total. The van der Waals surface area contributed by atoms with Crippen molar-refractivity contribution in [1.29, 1.82) is 0 Å². The fourth-order valence-corrected chi connectivity index (χ4v) is 3.57. The number of hydrogen-bond acceptors (Lipinski definition) is 11. The monoisotopic (exact) mass is 498 g/mol. The standard InChI is InChI=1S/C22H22O11.ClH/c1-30-15-4-9(2-3-12(15)25)21-16(7-11-13(26)5-10(24)6-14(11)31-21)32-22-20(29)19(28)18(27)17(8-23)33-22;/h2-7,17-20,22-23,25-29H,8H2,1H3;1H/t17-,18-,19+,20-,22-;/m1./s1. The minimum atomic E-state index is -1.70. The number of phenolic OH excluding ortho intramolecular Hbond substituents is 2. The van der Waals surface area contributed by atoms with E-state index in [1.54, 1.807) is 0 Å². The van der Waals surface area contributed by atoms with Crippen LogP contribution in [0.1, 0.15) is 0 Å². The Hall–Kier alpha value is -3.06. The fourth-order valence-electron chi connectivity index (χ4n) is 3.57. The summed E-state index contributed by atoms with van der Waals surface area (Å²) in [5, 5.41) is 60.0. The number of aliphatic hydroxyl groups excluding tert-OH is 4. The Balaban J connectivity index is 0.00000324. The van der Waals surface area contributed by atoms with Crippen LogP contribution in [0.25, 0.3) is 22.6 Å². The molecule has 12 heteroatoms. The van der Waals surface area contributed by atoms with Gasteiger partial charge in [0, 0.05) is 17.7 Å². The number of fused-ring (bicyclic) bond motifs is 1. The van der Waals surface area contributed by atoms with Crippen LogP contribution in [0, 0.1) is 0 Å². The van der Waals surface area contributed by atoms with Gasteiger partial charge < -0.3 is 49.3 Å². The third-order valence-corrected chi connectivity index (χ3v) is 5.34. The van der Waals surface area contributed by atoms with Gasteiger partial charge in [0.1, 0.15) is 35.9 Å². The average molecular weight is 499 g/mol. The Bertz CT molecular complexity index is 1180. The Morgan fingerprint density at radius 3 is 2.35 bits per heavy atom. The summed E-state index contributed by atoms with van der Waals surface area (Å²) in [7, 11) is 1.35. The van der Waals surface area contributed by atoms with Crippen molar-refractivity contribution in [2.75, 3.05) is 13.7 Å². The smallest absolute Gasteiger partial charge is 0.229 e. The quantitative estimate of drug-likeness (QED) is 0.287. The first-order chi connectivity index (χ1) is 15.7. The maximum Gasteiger partial charge on any atom is 0.229 e. The minimum absolute atomic E-state index is 0. The highest BCUT2D eigenvalue weighted by molar-refractivity contribution is 5.85. The van der Waals surface area contributed by atoms with Gasteiger partial charge in [-0.25, -0.2) is 0 Å². The normalized spacial score (nSPS) is 24.4. The number of halogens is 1. The molecule has 11 nitrogen and oxygen atoms in total. The largest absolute Gasteiger partial charge is 0.507 e. The van der Waals surface area contributed by atoms with E-state index in [1.165, 1.54) is 31.4 Å². The fraction of sp³-hybridized carbons (Fsp3) is 0.318. The van der Waals surface area contributed by atoms with Crippen LogP contribution < -0.4 is 14.9 Å². The van der Waals surface area contributed by atoms with Gasteiger partial charge in [0.2, 0.25) is 6.29 Å². The van der Waals surface area contributed by atoms with E-state index in [9.17, 15) is 35.4 Å². The molecule has 2 heterocycles. The van der Waals surface area contributed by atoms with Gasteiger partial charge in [-0.2, -0.15) is 0 Å². The van der Waals surface area contributed by atoms with Gasteiger partial charge in [0.15, 0.2) is 28.4 Å². The number of aromatic hydroxyl groups is 2. The maximum absolute atomic E-state index is 11.8. The number of hydrogen-bond donors (Lipinski definition) is 6. The summed E-state index contributed by atoms with van der Waals surface area (Å²) in [6.45, 7) is -0.651.